The predicted molar refractivity (Wildman–Crippen MR) is 96.6 cm³/mol. The van der Waals surface area contributed by atoms with E-state index in [0.29, 0.717) is 6.61 Å². The Hall–Kier alpha value is -1.29. The van der Waals surface area contributed by atoms with Crippen molar-refractivity contribution in [3.8, 4) is 5.75 Å². The zero-order valence-electron chi connectivity index (χ0n) is 13.8. The first-order valence-electron chi connectivity index (χ1n) is 7.88. The maximum atomic E-state index is 5.84. The van der Waals surface area contributed by atoms with Gasteiger partial charge in [0.05, 0.1) is 0 Å². The van der Waals surface area contributed by atoms with Crippen LogP contribution in [0.5, 0.6) is 5.75 Å². The summed E-state index contributed by atoms with van der Waals surface area (Å²) in [5, 5.41) is 0. The molecular weight excluding hydrogens is 372 g/mol. The van der Waals surface area contributed by atoms with E-state index in [2.05, 4.69) is 61.5 Å². The van der Waals surface area contributed by atoms with Crippen LogP contribution in [0.1, 0.15) is 22.3 Å². The molecular formula is C21H19BrMgO. The second-order valence-corrected chi connectivity index (χ2v) is 6.67. The van der Waals surface area contributed by atoms with Gasteiger partial charge in [0.25, 0.3) is 0 Å². The van der Waals surface area contributed by atoms with Gasteiger partial charge in [-0.2, -0.15) is 0 Å². The molecule has 0 spiro atoms. The molecule has 0 N–H and O–H groups in total. The van der Waals surface area contributed by atoms with Crippen molar-refractivity contribution < 1.29 is 21.7 Å². The van der Waals surface area contributed by atoms with Gasteiger partial charge in [-0.15, -0.1) is 0 Å². The Morgan fingerprint density at radius 1 is 0.833 bits per heavy atom. The Labute approximate surface area is 167 Å². The monoisotopic (exact) mass is 390 g/mol. The van der Waals surface area contributed by atoms with E-state index < -0.39 is 0 Å². The maximum absolute atomic E-state index is 5.84. The molecule has 0 aliphatic heterocycles. The van der Waals surface area contributed by atoms with Crippen LogP contribution in [0.25, 0.3) is 0 Å². The maximum Gasteiger partial charge on any atom is -1.00 e. The molecule has 3 rings (SSSR count). The topological polar surface area (TPSA) is 9.23 Å². The number of benzene rings is 3. The van der Waals surface area contributed by atoms with Crippen LogP contribution < -0.4 is 25.4 Å². The van der Waals surface area contributed by atoms with Gasteiger partial charge in [0.1, 0.15) is 0 Å². The SMILES string of the molecule is Cc1cc[c]([Mg+])cc1Cc1ccc(OCc2ccccc2)cc1.[Br-]. The van der Waals surface area contributed by atoms with Crippen molar-refractivity contribution >= 4 is 25.4 Å². The fraction of sp³-hybridized carbons (Fsp3) is 0.143. The number of hydrogen-bond acceptors (Lipinski definition) is 1. The van der Waals surface area contributed by atoms with Crippen molar-refractivity contribution in [3.63, 3.8) is 0 Å². The largest absolute Gasteiger partial charge is 1.00 e. The van der Waals surface area contributed by atoms with Crippen LogP contribution in [0.15, 0.2) is 72.8 Å². The Bertz CT molecular complexity index is 770. The zero-order chi connectivity index (χ0) is 16.1. The van der Waals surface area contributed by atoms with Crippen LogP contribution in [-0.2, 0) is 13.0 Å². The second-order valence-electron chi connectivity index (χ2n) is 5.86. The zero-order valence-corrected chi connectivity index (χ0v) is 16.8. The molecule has 0 heterocycles. The van der Waals surface area contributed by atoms with Gasteiger partial charge in [0.2, 0.25) is 0 Å². The summed E-state index contributed by atoms with van der Waals surface area (Å²) in [6, 6.07) is 25.3. The van der Waals surface area contributed by atoms with E-state index in [1.54, 1.807) is 0 Å². The molecule has 0 atom stereocenters. The smallest absolute Gasteiger partial charge is 1.00 e. The molecule has 0 bridgehead atoms. The van der Waals surface area contributed by atoms with Crippen molar-refractivity contribution in [2.45, 2.75) is 20.0 Å². The van der Waals surface area contributed by atoms with Gasteiger partial charge >= 0.3 is 133 Å². The third-order valence-electron chi connectivity index (χ3n) is 3.98. The molecule has 3 heteroatoms. The minimum absolute atomic E-state index is 0. The number of hydrogen-bond donors (Lipinski definition) is 0. The molecule has 3 aromatic rings. The molecule has 0 aromatic heterocycles. The van der Waals surface area contributed by atoms with E-state index in [4.69, 9.17) is 4.74 Å². The Morgan fingerprint density at radius 3 is 2.25 bits per heavy atom. The summed E-state index contributed by atoms with van der Waals surface area (Å²) in [6.07, 6.45) is 0.969. The molecule has 0 unspecified atom stereocenters. The Kier molecular flexibility index (Phi) is 7.34. The van der Waals surface area contributed by atoms with Gasteiger partial charge in [-0.3, -0.25) is 0 Å². The molecule has 3 aromatic carbocycles. The molecule has 0 saturated carbocycles. The van der Waals surface area contributed by atoms with Gasteiger partial charge in [0.15, 0.2) is 0 Å². The normalized spacial score (nSPS) is 10.1. The molecule has 24 heavy (non-hydrogen) atoms. The average molecular weight is 392 g/mol. The van der Waals surface area contributed by atoms with E-state index in [1.807, 2.05) is 39.9 Å². The Morgan fingerprint density at radius 2 is 1.54 bits per heavy atom. The van der Waals surface area contributed by atoms with Crippen molar-refractivity contribution in [2.24, 2.45) is 0 Å². The molecule has 0 fully saturated rings. The quantitative estimate of drug-likeness (QED) is 0.589. The third kappa shape index (κ3) is 5.37. The van der Waals surface area contributed by atoms with Crippen LogP contribution in [0.2, 0.25) is 0 Å². The van der Waals surface area contributed by atoms with E-state index in [1.165, 1.54) is 25.9 Å². The Balaban J connectivity index is 0.00000208. The van der Waals surface area contributed by atoms with Gasteiger partial charge in [-0.25, -0.2) is 0 Å². The molecule has 0 amide bonds. The predicted octanol–water partition coefficient (Wildman–Crippen LogP) is 0.963. The summed E-state index contributed by atoms with van der Waals surface area (Å²) in [5.74, 6) is 0.917. The fourth-order valence-electron chi connectivity index (χ4n) is 2.58. The number of rotatable bonds is 5. The minimum atomic E-state index is 0. The summed E-state index contributed by atoms with van der Waals surface area (Å²) in [5.41, 5.74) is 5.25. The molecule has 0 saturated heterocycles. The second kappa shape index (κ2) is 9.26. The van der Waals surface area contributed by atoms with Gasteiger partial charge in [0, 0.05) is 0 Å². The summed E-state index contributed by atoms with van der Waals surface area (Å²) in [6.45, 7) is 2.79. The summed E-state index contributed by atoms with van der Waals surface area (Å²) >= 11 is 1.93. The van der Waals surface area contributed by atoms with Crippen molar-refractivity contribution in [2.75, 3.05) is 0 Å². The first kappa shape index (κ1) is 19.0. The van der Waals surface area contributed by atoms with E-state index in [9.17, 15) is 0 Å². The van der Waals surface area contributed by atoms with Crippen LogP contribution in [0, 0.1) is 6.92 Å². The van der Waals surface area contributed by atoms with Crippen molar-refractivity contribution in [3.05, 3.63) is 95.1 Å². The van der Waals surface area contributed by atoms with Crippen LogP contribution in [-0.4, -0.2) is 21.7 Å². The van der Waals surface area contributed by atoms with E-state index >= 15 is 0 Å². The van der Waals surface area contributed by atoms with Crippen LogP contribution >= 0.6 is 0 Å². The number of ether oxygens (including phenoxy) is 1. The van der Waals surface area contributed by atoms with Crippen molar-refractivity contribution in [1.29, 1.82) is 0 Å². The van der Waals surface area contributed by atoms with E-state index in [0.717, 1.165) is 12.2 Å². The van der Waals surface area contributed by atoms with Crippen LogP contribution in [0.4, 0.5) is 0 Å². The summed E-state index contributed by atoms with van der Waals surface area (Å²) < 4.78 is 7.18. The van der Waals surface area contributed by atoms with Gasteiger partial charge < -0.3 is 17.0 Å². The van der Waals surface area contributed by atoms with E-state index in [-0.39, 0.29) is 17.0 Å². The molecule has 0 radical (unpaired) electrons. The minimum Gasteiger partial charge on any atom is -1.00 e. The van der Waals surface area contributed by atoms with Gasteiger partial charge in [-0.05, 0) is 0 Å². The van der Waals surface area contributed by atoms with Crippen LogP contribution in [0.3, 0.4) is 0 Å². The molecule has 0 aliphatic rings. The molecule has 0 aliphatic carbocycles. The number of halogens is 1. The standard InChI is InChI=1S/C21H19O.BrH.Mg/c1-17-7-5-6-10-20(17)15-18-11-13-21(14-12-18)22-16-19-8-3-2-4-9-19;;/h2-5,7-14H,15-16H2,1H3;1H;/q;;+1/p-1. The number of aryl methyl sites for hydroxylation is 1. The summed E-state index contributed by atoms with van der Waals surface area (Å²) in [7, 11) is 0. The summed E-state index contributed by atoms with van der Waals surface area (Å²) in [4.78, 5) is 0. The van der Waals surface area contributed by atoms with Gasteiger partial charge in [-0.1, -0.05) is 18.2 Å². The first-order chi connectivity index (χ1) is 11.2. The molecule has 1 nitrogen and oxygen atoms in total. The fourth-order valence-corrected chi connectivity index (χ4v) is 2.94. The third-order valence-corrected chi connectivity index (χ3v) is 4.42. The van der Waals surface area contributed by atoms with Crippen molar-refractivity contribution in [1.82, 2.24) is 0 Å². The average Bonchev–Trinajstić information content (AvgIpc) is 2.58. The first-order valence-corrected chi connectivity index (χ1v) is 8.58. The molecule has 118 valence electrons.